The summed E-state index contributed by atoms with van der Waals surface area (Å²) >= 11 is 1.22. The zero-order chi connectivity index (χ0) is 19.8. The van der Waals surface area contributed by atoms with Crippen LogP contribution in [0.3, 0.4) is 0 Å². The minimum atomic E-state index is -4.37. The molecule has 0 saturated carbocycles. The Morgan fingerprint density at radius 2 is 2.00 bits per heavy atom. The van der Waals surface area contributed by atoms with E-state index in [-0.39, 0.29) is 17.9 Å². The van der Waals surface area contributed by atoms with Crippen LogP contribution in [0.25, 0.3) is 10.6 Å². The minimum absolute atomic E-state index is 0.0332. The number of carbonyl (C=O) groups excluding carboxylic acids is 1. The van der Waals surface area contributed by atoms with Crippen molar-refractivity contribution < 1.29 is 18.0 Å². The van der Waals surface area contributed by atoms with Crippen LogP contribution in [0.4, 0.5) is 13.2 Å². The van der Waals surface area contributed by atoms with Crippen molar-refractivity contribution in [1.29, 1.82) is 0 Å². The first-order valence-corrected chi connectivity index (χ1v) is 9.68. The largest absolute Gasteiger partial charge is 0.416 e. The van der Waals surface area contributed by atoms with E-state index >= 15 is 0 Å². The van der Waals surface area contributed by atoms with Crippen LogP contribution in [0.1, 0.15) is 40.7 Å². The summed E-state index contributed by atoms with van der Waals surface area (Å²) in [5.74, 6) is 0.207. The molecule has 0 radical (unpaired) electrons. The van der Waals surface area contributed by atoms with Gasteiger partial charge < -0.3 is 10.6 Å². The van der Waals surface area contributed by atoms with E-state index in [9.17, 15) is 18.0 Å². The lowest BCUT2D eigenvalue weighted by atomic mass is 9.92. The summed E-state index contributed by atoms with van der Waals surface area (Å²) in [6.07, 6.45) is -2.44. The van der Waals surface area contributed by atoms with Crippen molar-refractivity contribution in [3.8, 4) is 10.6 Å². The van der Waals surface area contributed by atoms with Crippen LogP contribution in [0.15, 0.2) is 24.3 Å². The maximum atomic E-state index is 12.9. The molecule has 1 aliphatic rings. The molecule has 1 saturated heterocycles. The molecule has 2 N–H and O–H groups in total. The number of rotatable bonds is 3. The van der Waals surface area contributed by atoms with Gasteiger partial charge in [-0.3, -0.25) is 4.79 Å². The van der Waals surface area contributed by atoms with Crippen LogP contribution in [0.2, 0.25) is 0 Å². The molecule has 1 fully saturated rings. The highest BCUT2D eigenvalue weighted by Gasteiger charge is 2.31. The van der Waals surface area contributed by atoms with Crippen LogP contribution in [-0.4, -0.2) is 34.9 Å². The number of likely N-dealkylation sites (tertiary alicyclic amines) is 1. The van der Waals surface area contributed by atoms with E-state index in [1.165, 1.54) is 23.5 Å². The van der Waals surface area contributed by atoms with Gasteiger partial charge in [-0.1, -0.05) is 12.1 Å². The van der Waals surface area contributed by atoms with Crippen molar-refractivity contribution >= 4 is 17.2 Å². The summed E-state index contributed by atoms with van der Waals surface area (Å²) in [5, 5.41) is 0.547. The molecule has 1 amide bonds. The summed E-state index contributed by atoms with van der Waals surface area (Å²) in [6.45, 7) is 5.03. The normalized spacial score (nSPS) is 19.2. The van der Waals surface area contributed by atoms with Crippen LogP contribution < -0.4 is 5.73 Å². The molecule has 1 aliphatic heterocycles. The topological polar surface area (TPSA) is 59.2 Å². The fourth-order valence-corrected chi connectivity index (χ4v) is 4.33. The molecule has 146 valence electrons. The fraction of sp³-hybridized carbons (Fsp3) is 0.474. The average molecular weight is 397 g/mol. The van der Waals surface area contributed by atoms with E-state index in [2.05, 4.69) is 4.98 Å². The van der Waals surface area contributed by atoms with E-state index in [4.69, 9.17) is 5.73 Å². The Morgan fingerprint density at radius 3 is 2.59 bits per heavy atom. The van der Waals surface area contributed by atoms with Crippen molar-refractivity contribution in [2.75, 3.05) is 13.1 Å². The molecular weight excluding hydrogens is 375 g/mol. The second-order valence-corrected chi connectivity index (χ2v) is 8.02. The Hall–Kier alpha value is -1.93. The third-order valence-electron chi connectivity index (χ3n) is 4.94. The van der Waals surface area contributed by atoms with E-state index in [0.717, 1.165) is 25.0 Å². The molecule has 1 aromatic heterocycles. The number of hydrogen-bond donors (Lipinski definition) is 1. The van der Waals surface area contributed by atoms with Gasteiger partial charge in [-0.25, -0.2) is 4.98 Å². The number of alkyl halides is 3. The number of nitrogens with zero attached hydrogens (tertiary/aromatic N) is 2. The first-order valence-electron chi connectivity index (χ1n) is 8.86. The highest BCUT2D eigenvalue weighted by Crippen LogP contribution is 2.33. The Morgan fingerprint density at radius 1 is 1.33 bits per heavy atom. The first-order chi connectivity index (χ1) is 12.7. The summed E-state index contributed by atoms with van der Waals surface area (Å²) in [4.78, 5) is 19.7. The SMILES string of the molecule is Cc1nc(-c2ccc(C(F)(F)F)cc2)sc1C(=O)N1CCC[C@H]([C@H](C)N)C1. The Balaban J connectivity index is 1.81. The predicted octanol–water partition coefficient (Wildman–Crippen LogP) is 4.34. The molecule has 1 aromatic carbocycles. The number of benzene rings is 1. The molecular formula is C19H22F3N3OS. The van der Waals surface area contributed by atoms with Crippen LogP contribution >= 0.6 is 11.3 Å². The molecule has 3 rings (SSSR count). The fourth-order valence-electron chi connectivity index (χ4n) is 3.29. The van der Waals surface area contributed by atoms with Gasteiger partial charge >= 0.3 is 6.18 Å². The Kier molecular flexibility index (Phi) is 5.58. The number of carbonyl (C=O) groups is 1. The zero-order valence-corrected chi connectivity index (χ0v) is 16.0. The highest BCUT2D eigenvalue weighted by molar-refractivity contribution is 7.17. The lowest BCUT2D eigenvalue weighted by Gasteiger charge is -2.34. The third kappa shape index (κ3) is 4.32. The molecule has 8 heteroatoms. The van der Waals surface area contributed by atoms with Gasteiger partial charge in [0.05, 0.1) is 11.3 Å². The molecule has 0 aliphatic carbocycles. The van der Waals surface area contributed by atoms with Gasteiger partial charge in [0.1, 0.15) is 9.88 Å². The summed E-state index contributed by atoms with van der Waals surface area (Å²) in [7, 11) is 0. The van der Waals surface area contributed by atoms with Gasteiger partial charge in [-0.2, -0.15) is 13.2 Å². The lowest BCUT2D eigenvalue weighted by Crippen LogP contribution is -2.45. The van der Waals surface area contributed by atoms with Gasteiger partial charge in [-0.15, -0.1) is 11.3 Å². The van der Waals surface area contributed by atoms with E-state index in [0.29, 0.717) is 34.2 Å². The maximum Gasteiger partial charge on any atom is 0.416 e. The number of amides is 1. The average Bonchev–Trinajstić information content (AvgIpc) is 3.02. The quantitative estimate of drug-likeness (QED) is 0.838. The number of nitrogens with two attached hydrogens (primary N) is 1. The van der Waals surface area contributed by atoms with Gasteiger partial charge in [0, 0.05) is 24.7 Å². The number of hydrogen-bond acceptors (Lipinski definition) is 4. The third-order valence-corrected chi connectivity index (χ3v) is 6.13. The van der Waals surface area contributed by atoms with Gasteiger partial charge in [-0.05, 0) is 44.7 Å². The predicted molar refractivity (Wildman–Crippen MR) is 99.6 cm³/mol. The zero-order valence-electron chi connectivity index (χ0n) is 15.2. The van der Waals surface area contributed by atoms with Gasteiger partial charge in [0.15, 0.2) is 0 Å². The lowest BCUT2D eigenvalue weighted by molar-refractivity contribution is -0.137. The molecule has 2 aromatic rings. The molecule has 0 bridgehead atoms. The number of thiazole rings is 1. The molecule has 0 unspecified atom stereocenters. The van der Waals surface area contributed by atoms with Gasteiger partial charge in [0.2, 0.25) is 0 Å². The Labute approximate surface area is 160 Å². The van der Waals surface area contributed by atoms with Crippen molar-refractivity contribution in [2.24, 2.45) is 11.7 Å². The van der Waals surface area contributed by atoms with Crippen LogP contribution in [-0.2, 0) is 6.18 Å². The highest BCUT2D eigenvalue weighted by atomic mass is 32.1. The molecule has 2 atom stereocenters. The van der Waals surface area contributed by atoms with Crippen molar-refractivity contribution in [2.45, 2.75) is 38.9 Å². The standard InChI is InChI=1S/C19H22F3N3OS/c1-11(23)14-4-3-9-25(10-14)18(26)16-12(2)24-17(27-16)13-5-7-15(8-6-13)19(20,21)22/h5-8,11,14H,3-4,9-10,23H2,1-2H3/t11-,14-/m0/s1. The molecule has 0 spiro atoms. The number of aryl methyl sites for hydroxylation is 1. The molecule has 2 heterocycles. The van der Waals surface area contributed by atoms with Crippen molar-refractivity contribution in [3.05, 3.63) is 40.4 Å². The first kappa shape index (κ1) is 19.8. The van der Waals surface area contributed by atoms with Crippen molar-refractivity contribution in [1.82, 2.24) is 9.88 Å². The monoisotopic (exact) mass is 397 g/mol. The second-order valence-electron chi connectivity index (χ2n) is 7.02. The van der Waals surface area contributed by atoms with Crippen LogP contribution in [0, 0.1) is 12.8 Å². The smallest absolute Gasteiger partial charge is 0.338 e. The molecule has 27 heavy (non-hydrogen) atoms. The maximum absolute atomic E-state index is 12.9. The second kappa shape index (κ2) is 7.59. The number of aromatic nitrogens is 1. The van der Waals surface area contributed by atoms with Crippen LogP contribution in [0.5, 0.6) is 0 Å². The summed E-state index contributed by atoms with van der Waals surface area (Å²) < 4.78 is 38.2. The minimum Gasteiger partial charge on any atom is -0.338 e. The Bertz CT molecular complexity index is 815. The van der Waals surface area contributed by atoms with E-state index in [1.807, 2.05) is 11.8 Å². The summed E-state index contributed by atoms with van der Waals surface area (Å²) in [5.41, 5.74) is 6.46. The van der Waals surface area contributed by atoms with E-state index < -0.39 is 11.7 Å². The number of halogens is 3. The van der Waals surface area contributed by atoms with E-state index in [1.54, 1.807) is 6.92 Å². The summed E-state index contributed by atoms with van der Waals surface area (Å²) in [6, 6.07) is 4.88. The van der Waals surface area contributed by atoms with Crippen molar-refractivity contribution in [3.63, 3.8) is 0 Å². The molecule has 4 nitrogen and oxygen atoms in total. The number of piperidine rings is 1. The van der Waals surface area contributed by atoms with Gasteiger partial charge in [0.25, 0.3) is 5.91 Å².